The molecule has 1 aromatic rings. The zero-order valence-electron chi connectivity index (χ0n) is 10.4. The average molecular weight is 268 g/mol. The first-order valence-corrected chi connectivity index (χ1v) is 5.95. The topological polar surface area (TPSA) is 74.3 Å². The predicted octanol–water partition coefficient (Wildman–Crippen LogP) is 0.744. The summed E-state index contributed by atoms with van der Waals surface area (Å²) in [7, 11) is 1.34. The summed E-state index contributed by atoms with van der Waals surface area (Å²) in [6.45, 7) is 2.26. The molecule has 2 N–H and O–H groups in total. The molecule has 0 saturated carbocycles. The van der Waals surface area contributed by atoms with E-state index >= 15 is 0 Å². The van der Waals surface area contributed by atoms with E-state index in [2.05, 4.69) is 4.74 Å². The van der Waals surface area contributed by atoms with Crippen LogP contribution in [-0.2, 0) is 16.1 Å². The number of aryl methyl sites for hydroxylation is 1. The van der Waals surface area contributed by atoms with Gasteiger partial charge in [0, 0.05) is 18.7 Å². The van der Waals surface area contributed by atoms with Crippen LogP contribution < -0.4 is 11.3 Å². The van der Waals surface area contributed by atoms with Gasteiger partial charge in [-0.05, 0) is 25.5 Å². The highest BCUT2D eigenvalue weighted by atomic mass is 32.1. The number of nitrogens with zero attached hydrogens (tertiary/aromatic N) is 1. The number of ether oxygens (including phenoxy) is 1. The summed E-state index contributed by atoms with van der Waals surface area (Å²) in [6, 6.07) is 3.41. The predicted molar refractivity (Wildman–Crippen MR) is 72.6 cm³/mol. The molecule has 0 aliphatic carbocycles. The molecule has 0 amide bonds. The number of carbonyl (C=O) groups excluding carboxylic acids is 1. The summed E-state index contributed by atoms with van der Waals surface area (Å²) in [5, 5.41) is 0. The average Bonchev–Trinajstić information content (AvgIpc) is 2.32. The number of nitrogens with two attached hydrogens (primary N) is 1. The molecule has 0 aliphatic heterocycles. The summed E-state index contributed by atoms with van der Waals surface area (Å²) >= 11 is 4.82. The van der Waals surface area contributed by atoms with Gasteiger partial charge in [-0.3, -0.25) is 9.59 Å². The van der Waals surface area contributed by atoms with Crippen molar-refractivity contribution in [2.24, 2.45) is 5.73 Å². The largest absolute Gasteiger partial charge is 0.469 e. The number of aromatic nitrogens is 1. The van der Waals surface area contributed by atoms with E-state index < -0.39 is 0 Å². The SMILES string of the molecule is COC(=O)CCCn1c(C)ccc(C(N)=S)c1=O. The maximum Gasteiger partial charge on any atom is 0.305 e. The van der Waals surface area contributed by atoms with Gasteiger partial charge in [-0.1, -0.05) is 12.2 Å². The van der Waals surface area contributed by atoms with Crippen molar-refractivity contribution in [2.45, 2.75) is 26.3 Å². The minimum atomic E-state index is -0.286. The Morgan fingerprint density at radius 2 is 2.17 bits per heavy atom. The molecule has 0 aliphatic rings. The number of esters is 1. The van der Waals surface area contributed by atoms with Gasteiger partial charge in [0.15, 0.2) is 0 Å². The maximum absolute atomic E-state index is 12.1. The van der Waals surface area contributed by atoms with Crippen LogP contribution in [0.4, 0.5) is 0 Å². The number of thiocarbonyl (C=S) groups is 1. The van der Waals surface area contributed by atoms with Gasteiger partial charge in [-0.15, -0.1) is 0 Å². The van der Waals surface area contributed by atoms with E-state index in [4.69, 9.17) is 18.0 Å². The van der Waals surface area contributed by atoms with Crippen molar-refractivity contribution < 1.29 is 9.53 Å². The molecule has 0 aromatic carbocycles. The number of methoxy groups -OCH3 is 1. The second-order valence-electron chi connectivity index (χ2n) is 3.89. The number of hydrogen-bond acceptors (Lipinski definition) is 4. The molecule has 0 saturated heterocycles. The highest BCUT2D eigenvalue weighted by molar-refractivity contribution is 7.80. The lowest BCUT2D eigenvalue weighted by molar-refractivity contribution is -0.140. The van der Waals surface area contributed by atoms with Gasteiger partial charge in [0.2, 0.25) is 0 Å². The lowest BCUT2D eigenvalue weighted by atomic mass is 10.2. The van der Waals surface area contributed by atoms with Gasteiger partial charge in [0.05, 0.1) is 12.7 Å². The van der Waals surface area contributed by atoms with Crippen LogP contribution in [0.3, 0.4) is 0 Å². The Labute approximate surface area is 111 Å². The second-order valence-corrected chi connectivity index (χ2v) is 4.33. The molecule has 18 heavy (non-hydrogen) atoms. The maximum atomic E-state index is 12.1. The normalized spacial score (nSPS) is 10.1. The van der Waals surface area contributed by atoms with E-state index in [0.29, 0.717) is 18.5 Å². The smallest absolute Gasteiger partial charge is 0.305 e. The molecule has 5 nitrogen and oxygen atoms in total. The third-order valence-electron chi connectivity index (χ3n) is 2.65. The van der Waals surface area contributed by atoms with E-state index in [1.54, 1.807) is 16.7 Å². The summed E-state index contributed by atoms with van der Waals surface area (Å²) in [6.07, 6.45) is 0.813. The summed E-state index contributed by atoms with van der Waals surface area (Å²) in [4.78, 5) is 23.1. The van der Waals surface area contributed by atoms with Crippen LogP contribution in [0.2, 0.25) is 0 Å². The number of carbonyl (C=O) groups is 1. The fourth-order valence-electron chi connectivity index (χ4n) is 1.62. The molecule has 0 unspecified atom stereocenters. The molecule has 1 aromatic heterocycles. The molecule has 1 rings (SSSR count). The fourth-order valence-corrected chi connectivity index (χ4v) is 1.78. The second kappa shape index (κ2) is 6.30. The van der Waals surface area contributed by atoms with Gasteiger partial charge in [-0.25, -0.2) is 0 Å². The number of hydrogen-bond donors (Lipinski definition) is 1. The van der Waals surface area contributed by atoms with Gasteiger partial charge in [0.1, 0.15) is 4.99 Å². The van der Waals surface area contributed by atoms with Crippen molar-refractivity contribution in [1.82, 2.24) is 4.57 Å². The van der Waals surface area contributed by atoms with Crippen molar-refractivity contribution >= 4 is 23.2 Å². The van der Waals surface area contributed by atoms with Crippen molar-refractivity contribution in [1.29, 1.82) is 0 Å². The van der Waals surface area contributed by atoms with Crippen molar-refractivity contribution in [2.75, 3.05) is 7.11 Å². The highest BCUT2D eigenvalue weighted by Crippen LogP contribution is 2.02. The summed E-state index contributed by atoms with van der Waals surface area (Å²) < 4.78 is 6.11. The third kappa shape index (κ3) is 3.40. The van der Waals surface area contributed by atoms with Crippen molar-refractivity contribution in [3.8, 4) is 0 Å². The zero-order valence-corrected chi connectivity index (χ0v) is 11.3. The van der Waals surface area contributed by atoms with E-state index in [1.807, 2.05) is 6.92 Å². The number of pyridine rings is 1. The van der Waals surface area contributed by atoms with Crippen LogP contribution in [0.25, 0.3) is 0 Å². The Hall–Kier alpha value is -1.69. The molecule has 1 heterocycles. The Kier molecular flexibility index (Phi) is 5.03. The molecule has 0 fully saturated rings. The molecule has 6 heteroatoms. The fraction of sp³-hybridized carbons (Fsp3) is 0.417. The first-order chi connectivity index (χ1) is 8.47. The van der Waals surface area contributed by atoms with Crippen LogP contribution in [0.15, 0.2) is 16.9 Å². The van der Waals surface area contributed by atoms with Crippen molar-refractivity contribution in [3.63, 3.8) is 0 Å². The Morgan fingerprint density at radius 1 is 1.50 bits per heavy atom. The zero-order chi connectivity index (χ0) is 13.7. The van der Waals surface area contributed by atoms with Crippen LogP contribution in [0, 0.1) is 6.92 Å². The molecule has 0 atom stereocenters. The van der Waals surface area contributed by atoms with Gasteiger partial charge < -0.3 is 15.0 Å². The number of rotatable bonds is 5. The lowest BCUT2D eigenvalue weighted by Crippen LogP contribution is -2.30. The van der Waals surface area contributed by atoms with Gasteiger partial charge in [0.25, 0.3) is 5.56 Å². The molecular formula is C12H16N2O3S. The minimum absolute atomic E-state index is 0.0849. The van der Waals surface area contributed by atoms with Crippen molar-refractivity contribution in [3.05, 3.63) is 33.7 Å². The standard InChI is InChI=1S/C12H16N2O3S/c1-8-5-6-9(11(13)18)12(16)14(8)7-3-4-10(15)17-2/h5-6H,3-4,7H2,1-2H3,(H2,13,18). The molecular weight excluding hydrogens is 252 g/mol. The quantitative estimate of drug-likeness (QED) is 0.630. The van der Waals surface area contributed by atoms with Crippen LogP contribution >= 0.6 is 12.2 Å². The monoisotopic (exact) mass is 268 g/mol. The molecule has 0 bridgehead atoms. The van der Waals surface area contributed by atoms with Gasteiger partial charge in [-0.2, -0.15) is 0 Å². The molecule has 98 valence electrons. The van der Waals surface area contributed by atoms with E-state index in [9.17, 15) is 9.59 Å². The summed E-state index contributed by atoms with van der Waals surface area (Å²) in [5.74, 6) is -0.286. The summed E-state index contributed by atoms with van der Waals surface area (Å²) in [5.41, 5.74) is 6.40. The van der Waals surface area contributed by atoms with Crippen LogP contribution in [0.1, 0.15) is 24.1 Å². The van der Waals surface area contributed by atoms with Gasteiger partial charge >= 0.3 is 5.97 Å². The van der Waals surface area contributed by atoms with E-state index in [0.717, 1.165) is 5.69 Å². The Balaban J connectivity index is 2.88. The van der Waals surface area contributed by atoms with Crippen LogP contribution in [-0.4, -0.2) is 22.6 Å². The Bertz CT molecular complexity index is 523. The highest BCUT2D eigenvalue weighted by Gasteiger charge is 2.09. The molecule has 0 radical (unpaired) electrons. The minimum Gasteiger partial charge on any atom is -0.469 e. The third-order valence-corrected chi connectivity index (χ3v) is 2.87. The van der Waals surface area contributed by atoms with E-state index in [-0.39, 0.29) is 22.9 Å². The lowest BCUT2D eigenvalue weighted by Gasteiger charge is -2.11. The van der Waals surface area contributed by atoms with Crippen LogP contribution in [0.5, 0.6) is 0 Å². The first kappa shape index (κ1) is 14.4. The van der Waals surface area contributed by atoms with E-state index in [1.165, 1.54) is 7.11 Å². The first-order valence-electron chi connectivity index (χ1n) is 5.54. The Morgan fingerprint density at radius 3 is 2.72 bits per heavy atom. The molecule has 0 spiro atoms.